The molecule has 3 heterocycles. The molecule has 0 radical (unpaired) electrons. The van der Waals surface area contributed by atoms with Gasteiger partial charge < -0.3 is 25.6 Å². The van der Waals surface area contributed by atoms with Crippen LogP contribution < -0.4 is 20.7 Å². The number of nitrogens with one attached hydrogen (secondary N) is 3. The Balaban J connectivity index is 1.36. The van der Waals surface area contributed by atoms with Gasteiger partial charge in [0.05, 0.1) is 0 Å². The van der Waals surface area contributed by atoms with Crippen LogP contribution >= 0.6 is 0 Å². The van der Waals surface area contributed by atoms with Gasteiger partial charge in [-0.2, -0.15) is 0 Å². The van der Waals surface area contributed by atoms with Gasteiger partial charge in [0, 0.05) is 25.2 Å². The summed E-state index contributed by atoms with van der Waals surface area (Å²) < 4.78 is 6.54. The normalized spacial score (nSPS) is 20.4. The molecule has 4 amide bonds. The Hall–Kier alpha value is -5.96. The number of benzene rings is 4. The number of nitrogens with zero attached hydrogens (tertiary/aromatic N) is 1. The molecule has 9 nitrogen and oxygen atoms in total. The lowest BCUT2D eigenvalue weighted by Crippen LogP contribution is -2.59. The van der Waals surface area contributed by atoms with Gasteiger partial charge in [0.25, 0.3) is 0 Å². The van der Waals surface area contributed by atoms with E-state index in [0.29, 0.717) is 30.7 Å². The van der Waals surface area contributed by atoms with Crippen LogP contribution in [0.5, 0.6) is 5.75 Å². The molecule has 7 rings (SSSR count). The molecule has 9 heteroatoms. The maximum absolute atomic E-state index is 14.6. The monoisotopic (exact) mass is 654 g/mol. The predicted molar refractivity (Wildman–Crippen MR) is 188 cm³/mol. The molecule has 49 heavy (non-hydrogen) atoms. The Bertz CT molecular complexity index is 1810. The van der Waals surface area contributed by atoms with E-state index in [2.05, 4.69) is 16.0 Å². The SMILES string of the molecule is O=C(/C=C/c1ccccc1)N[C@@H](Cc1ccccc1)C(=O)N[C@@H]1C(=O)N2CCC[C@H]2C(=O)N/C=C\c2ccc(cc2)O[C@H]1c1ccccc1. The van der Waals surface area contributed by atoms with Crippen molar-refractivity contribution >= 4 is 35.8 Å². The molecule has 4 atom stereocenters. The summed E-state index contributed by atoms with van der Waals surface area (Å²) in [5, 5.41) is 8.65. The highest BCUT2D eigenvalue weighted by Gasteiger charge is 2.42. The molecule has 3 N–H and O–H groups in total. The topological polar surface area (TPSA) is 117 Å². The van der Waals surface area contributed by atoms with Gasteiger partial charge in [0.2, 0.25) is 23.6 Å². The summed E-state index contributed by atoms with van der Waals surface area (Å²) in [5.74, 6) is -1.29. The van der Waals surface area contributed by atoms with Gasteiger partial charge in [-0.1, -0.05) is 103 Å². The van der Waals surface area contributed by atoms with E-state index in [1.807, 2.05) is 103 Å². The fourth-order valence-electron chi connectivity index (χ4n) is 6.11. The number of carbonyl (C=O) groups is 4. The third-order valence-corrected chi connectivity index (χ3v) is 8.62. The molecule has 248 valence electrons. The standard InChI is InChI=1S/C40H38N4O5/c45-35(23-20-28-11-4-1-5-12-28)42-33(27-30-13-6-2-7-14-30)38(46)43-36-37(31-15-8-3-9-16-31)49-32-21-18-29(19-22-32)24-25-41-39(47)34-17-10-26-44(34)40(36)48/h1-9,11-16,18-25,33-34,36-37H,10,17,26-27H2,(H,41,47)(H,42,45)(H,43,46)/b23-20+,25-24-/t33-,34-,36-,37-/m0/s1. The first-order chi connectivity index (χ1) is 23.9. The zero-order valence-electron chi connectivity index (χ0n) is 26.9. The molecule has 2 bridgehead atoms. The van der Waals surface area contributed by atoms with Gasteiger partial charge in [0.15, 0.2) is 6.10 Å². The summed E-state index contributed by atoms with van der Waals surface area (Å²) in [6.45, 7) is 0.344. The van der Waals surface area contributed by atoms with Crippen LogP contribution in [-0.4, -0.2) is 53.2 Å². The number of rotatable bonds is 8. The highest BCUT2D eigenvalue weighted by Crippen LogP contribution is 2.29. The van der Waals surface area contributed by atoms with Crippen LogP contribution in [0.2, 0.25) is 0 Å². The van der Waals surface area contributed by atoms with Crippen molar-refractivity contribution in [2.75, 3.05) is 6.54 Å². The quantitative estimate of drug-likeness (QED) is 0.236. The van der Waals surface area contributed by atoms with Gasteiger partial charge >= 0.3 is 0 Å². The minimum atomic E-state index is -1.24. The zero-order chi connectivity index (χ0) is 34.0. The fraction of sp³-hybridized carbons (Fsp3) is 0.200. The van der Waals surface area contributed by atoms with Crippen LogP contribution in [-0.2, 0) is 25.6 Å². The number of fused-ring (bicyclic) bond motifs is 7. The summed E-state index contributed by atoms with van der Waals surface area (Å²) in [7, 11) is 0. The van der Waals surface area contributed by atoms with Gasteiger partial charge in [-0.15, -0.1) is 0 Å². The van der Waals surface area contributed by atoms with E-state index < -0.39 is 42.0 Å². The van der Waals surface area contributed by atoms with E-state index in [1.54, 1.807) is 30.5 Å². The maximum Gasteiger partial charge on any atom is 0.250 e. The summed E-state index contributed by atoms with van der Waals surface area (Å²) in [6.07, 6.45) is 6.74. The molecule has 0 aromatic heterocycles. The molecule has 1 fully saturated rings. The molecular weight excluding hydrogens is 616 g/mol. The highest BCUT2D eigenvalue weighted by atomic mass is 16.5. The van der Waals surface area contributed by atoms with Crippen LogP contribution in [0.4, 0.5) is 0 Å². The van der Waals surface area contributed by atoms with Crippen molar-refractivity contribution in [2.24, 2.45) is 0 Å². The molecule has 0 spiro atoms. The molecule has 0 saturated carbocycles. The lowest BCUT2D eigenvalue weighted by Gasteiger charge is -2.34. The number of carbonyl (C=O) groups excluding carboxylic acids is 4. The largest absolute Gasteiger partial charge is 0.483 e. The summed E-state index contributed by atoms with van der Waals surface area (Å²) >= 11 is 0. The molecule has 3 aliphatic rings. The third-order valence-electron chi connectivity index (χ3n) is 8.62. The average Bonchev–Trinajstić information content (AvgIpc) is 3.64. The minimum absolute atomic E-state index is 0.178. The van der Waals surface area contributed by atoms with Crippen molar-refractivity contribution in [3.8, 4) is 5.75 Å². The number of ether oxygens (including phenoxy) is 1. The minimum Gasteiger partial charge on any atom is -0.483 e. The van der Waals surface area contributed by atoms with Crippen LogP contribution in [0.1, 0.15) is 41.2 Å². The van der Waals surface area contributed by atoms with Crippen molar-refractivity contribution in [1.29, 1.82) is 0 Å². The van der Waals surface area contributed by atoms with Gasteiger partial charge in [-0.05, 0) is 59.4 Å². The van der Waals surface area contributed by atoms with Gasteiger partial charge in [-0.3, -0.25) is 19.2 Å². The Kier molecular flexibility index (Phi) is 10.6. The van der Waals surface area contributed by atoms with Crippen molar-refractivity contribution in [2.45, 2.75) is 43.5 Å². The van der Waals surface area contributed by atoms with Crippen molar-refractivity contribution < 1.29 is 23.9 Å². The first kappa shape index (κ1) is 33.0. The maximum atomic E-state index is 14.6. The van der Waals surface area contributed by atoms with Gasteiger partial charge in [-0.25, -0.2) is 0 Å². The van der Waals surface area contributed by atoms with Crippen LogP contribution in [0.15, 0.2) is 128 Å². The van der Waals surface area contributed by atoms with E-state index in [-0.39, 0.29) is 12.3 Å². The summed E-state index contributed by atoms with van der Waals surface area (Å²) in [5.41, 5.74) is 3.17. The molecule has 0 aliphatic carbocycles. The third kappa shape index (κ3) is 8.50. The number of hydrogen-bond acceptors (Lipinski definition) is 5. The van der Waals surface area contributed by atoms with E-state index >= 15 is 0 Å². The van der Waals surface area contributed by atoms with Crippen LogP contribution in [0.25, 0.3) is 12.2 Å². The zero-order valence-corrected chi connectivity index (χ0v) is 26.9. The molecule has 3 aliphatic heterocycles. The molecule has 4 aromatic rings. The molecule has 0 unspecified atom stereocenters. The first-order valence-electron chi connectivity index (χ1n) is 16.4. The number of amides is 4. The van der Waals surface area contributed by atoms with E-state index in [0.717, 1.165) is 16.7 Å². The molecular formula is C40H38N4O5. The fourth-order valence-corrected chi connectivity index (χ4v) is 6.11. The lowest BCUT2D eigenvalue weighted by molar-refractivity contribution is -0.144. The smallest absolute Gasteiger partial charge is 0.250 e. The number of hydrogen-bond donors (Lipinski definition) is 3. The Labute approximate surface area is 285 Å². The second-order valence-corrected chi connectivity index (χ2v) is 12.0. The van der Waals surface area contributed by atoms with E-state index in [1.165, 1.54) is 11.0 Å². The molecule has 1 saturated heterocycles. The van der Waals surface area contributed by atoms with E-state index in [9.17, 15) is 19.2 Å². The first-order valence-corrected chi connectivity index (χ1v) is 16.4. The van der Waals surface area contributed by atoms with Crippen molar-refractivity contribution in [3.05, 3.63) is 150 Å². The lowest BCUT2D eigenvalue weighted by atomic mass is 9.98. The van der Waals surface area contributed by atoms with Gasteiger partial charge in [0.1, 0.15) is 23.9 Å². The summed E-state index contributed by atoms with van der Waals surface area (Å²) in [4.78, 5) is 57.0. The Morgan fingerprint density at radius 1 is 0.878 bits per heavy atom. The second kappa shape index (κ2) is 15.8. The average molecular weight is 655 g/mol. The Morgan fingerprint density at radius 3 is 2.27 bits per heavy atom. The van der Waals surface area contributed by atoms with E-state index in [4.69, 9.17) is 4.74 Å². The van der Waals surface area contributed by atoms with Crippen molar-refractivity contribution in [3.63, 3.8) is 0 Å². The van der Waals surface area contributed by atoms with Crippen molar-refractivity contribution in [1.82, 2.24) is 20.9 Å². The second-order valence-electron chi connectivity index (χ2n) is 12.0. The molecule has 4 aromatic carbocycles. The Morgan fingerprint density at radius 2 is 1.55 bits per heavy atom. The van der Waals surface area contributed by atoms with Crippen LogP contribution in [0, 0.1) is 0 Å². The highest BCUT2D eigenvalue weighted by molar-refractivity contribution is 5.98. The predicted octanol–water partition coefficient (Wildman–Crippen LogP) is 4.82. The van der Waals surface area contributed by atoms with Crippen LogP contribution in [0.3, 0.4) is 0 Å². The summed E-state index contributed by atoms with van der Waals surface area (Å²) in [6, 6.07) is 32.2.